The molecule has 1 aliphatic rings. The second kappa shape index (κ2) is 4.97. The van der Waals surface area contributed by atoms with Gasteiger partial charge in [0, 0.05) is 29.4 Å². The van der Waals surface area contributed by atoms with Crippen LogP contribution in [0.5, 0.6) is 0 Å². The van der Waals surface area contributed by atoms with Crippen molar-refractivity contribution in [1.82, 2.24) is 10.3 Å². The first kappa shape index (κ1) is 13.8. The molecule has 3 rings (SSSR count). The van der Waals surface area contributed by atoms with Gasteiger partial charge in [-0.05, 0) is 23.3 Å². The monoisotopic (exact) mass is 306 g/mol. The number of thiazole rings is 1. The molecule has 0 aliphatic heterocycles. The standard InChI is InChI=1S/C15H18N2OS2/c1-14(2)10-15(14,11-4-3-8-19-11)13(18)17-6-5-12-16-7-9-20-12/h3-4,7-9H,5-6,10H2,1-2H3,(H,17,18)/t15-/m0/s1. The molecule has 2 aromatic rings. The minimum atomic E-state index is -0.315. The van der Waals surface area contributed by atoms with Crippen LogP contribution >= 0.6 is 22.7 Å². The molecular formula is C15H18N2OS2. The Bertz CT molecular complexity index is 589. The quantitative estimate of drug-likeness (QED) is 0.921. The maximum atomic E-state index is 12.6. The molecule has 2 aromatic heterocycles. The molecule has 5 heteroatoms. The molecule has 3 nitrogen and oxygen atoms in total. The number of amides is 1. The van der Waals surface area contributed by atoms with E-state index in [4.69, 9.17) is 0 Å². The Morgan fingerprint density at radius 2 is 2.20 bits per heavy atom. The number of hydrogen-bond acceptors (Lipinski definition) is 4. The zero-order valence-electron chi connectivity index (χ0n) is 11.7. The molecule has 1 saturated carbocycles. The maximum absolute atomic E-state index is 12.6. The highest BCUT2D eigenvalue weighted by atomic mass is 32.1. The fraction of sp³-hybridized carbons (Fsp3) is 0.467. The van der Waals surface area contributed by atoms with E-state index in [9.17, 15) is 4.79 Å². The van der Waals surface area contributed by atoms with Crippen LogP contribution in [0.4, 0.5) is 0 Å². The maximum Gasteiger partial charge on any atom is 0.232 e. The fourth-order valence-corrected chi connectivity index (χ4v) is 4.59. The molecule has 0 radical (unpaired) electrons. The van der Waals surface area contributed by atoms with E-state index in [-0.39, 0.29) is 16.7 Å². The van der Waals surface area contributed by atoms with E-state index in [1.54, 1.807) is 28.9 Å². The number of nitrogens with zero attached hydrogens (tertiary/aromatic N) is 1. The van der Waals surface area contributed by atoms with Crippen LogP contribution in [-0.4, -0.2) is 17.4 Å². The SMILES string of the molecule is CC1(C)C[C@@]1(C(=O)NCCc1nccs1)c1cccs1. The average molecular weight is 306 g/mol. The molecule has 20 heavy (non-hydrogen) atoms. The van der Waals surface area contributed by atoms with Gasteiger partial charge in [-0.25, -0.2) is 4.98 Å². The van der Waals surface area contributed by atoms with Gasteiger partial charge in [0.15, 0.2) is 0 Å². The highest BCUT2D eigenvalue weighted by Crippen LogP contribution is 2.65. The highest BCUT2D eigenvalue weighted by molar-refractivity contribution is 7.10. The van der Waals surface area contributed by atoms with Gasteiger partial charge >= 0.3 is 0 Å². The van der Waals surface area contributed by atoms with E-state index in [1.807, 2.05) is 16.8 Å². The molecule has 2 heterocycles. The Morgan fingerprint density at radius 1 is 1.40 bits per heavy atom. The van der Waals surface area contributed by atoms with Gasteiger partial charge < -0.3 is 5.32 Å². The van der Waals surface area contributed by atoms with E-state index >= 15 is 0 Å². The average Bonchev–Trinajstić information content (AvgIpc) is 2.93. The number of thiophene rings is 1. The van der Waals surface area contributed by atoms with Gasteiger partial charge in [-0.2, -0.15) is 0 Å². The number of nitrogens with one attached hydrogen (secondary N) is 1. The molecule has 106 valence electrons. The molecule has 1 atom stereocenters. The Morgan fingerprint density at radius 3 is 2.75 bits per heavy atom. The van der Waals surface area contributed by atoms with Gasteiger partial charge in [-0.1, -0.05) is 19.9 Å². The first-order valence-electron chi connectivity index (χ1n) is 6.77. The third-order valence-corrected chi connectivity index (χ3v) is 6.05. The van der Waals surface area contributed by atoms with Crippen molar-refractivity contribution in [2.45, 2.75) is 32.1 Å². The predicted molar refractivity (Wildman–Crippen MR) is 83.2 cm³/mol. The fourth-order valence-electron chi connectivity index (χ4n) is 2.87. The Kier molecular flexibility index (Phi) is 3.42. The van der Waals surface area contributed by atoms with E-state index in [0.29, 0.717) is 6.54 Å². The second-order valence-corrected chi connectivity index (χ2v) is 7.80. The lowest BCUT2D eigenvalue weighted by Crippen LogP contribution is -2.38. The van der Waals surface area contributed by atoms with Crippen molar-refractivity contribution >= 4 is 28.6 Å². The first-order valence-corrected chi connectivity index (χ1v) is 8.53. The van der Waals surface area contributed by atoms with E-state index < -0.39 is 0 Å². The highest BCUT2D eigenvalue weighted by Gasteiger charge is 2.67. The van der Waals surface area contributed by atoms with Gasteiger partial charge in [0.05, 0.1) is 10.4 Å². The van der Waals surface area contributed by atoms with Gasteiger partial charge in [-0.15, -0.1) is 22.7 Å². The molecular weight excluding hydrogens is 288 g/mol. The summed E-state index contributed by atoms with van der Waals surface area (Å²) in [6.45, 7) is 5.01. The molecule has 0 bridgehead atoms. The molecule has 1 aliphatic carbocycles. The third kappa shape index (κ3) is 2.19. The lowest BCUT2D eigenvalue weighted by molar-refractivity contribution is -0.124. The number of aromatic nitrogens is 1. The number of carbonyl (C=O) groups excluding carboxylic acids is 1. The summed E-state index contributed by atoms with van der Waals surface area (Å²) in [6, 6.07) is 4.11. The van der Waals surface area contributed by atoms with Crippen LogP contribution < -0.4 is 5.32 Å². The van der Waals surface area contributed by atoms with Gasteiger partial charge in [0.2, 0.25) is 5.91 Å². The largest absolute Gasteiger partial charge is 0.355 e. The van der Waals surface area contributed by atoms with Crippen LogP contribution in [0.1, 0.15) is 30.2 Å². The second-order valence-electron chi connectivity index (χ2n) is 5.88. The van der Waals surface area contributed by atoms with Crippen molar-refractivity contribution in [3.8, 4) is 0 Å². The number of hydrogen-bond donors (Lipinski definition) is 1. The lowest BCUT2D eigenvalue weighted by atomic mass is 9.93. The zero-order chi connectivity index (χ0) is 14.2. The number of carbonyl (C=O) groups is 1. The summed E-state index contributed by atoms with van der Waals surface area (Å²) in [6.07, 6.45) is 3.55. The minimum Gasteiger partial charge on any atom is -0.355 e. The minimum absolute atomic E-state index is 0.0586. The summed E-state index contributed by atoms with van der Waals surface area (Å²) in [5, 5.41) is 8.19. The van der Waals surface area contributed by atoms with Gasteiger partial charge in [0.25, 0.3) is 0 Å². The summed E-state index contributed by atoms with van der Waals surface area (Å²) < 4.78 is 0. The summed E-state index contributed by atoms with van der Waals surface area (Å²) >= 11 is 3.32. The van der Waals surface area contributed by atoms with Crippen LogP contribution in [0.3, 0.4) is 0 Å². The molecule has 0 saturated heterocycles. The summed E-state index contributed by atoms with van der Waals surface area (Å²) in [5.41, 5.74) is -0.257. The Labute approximate surface area is 127 Å². The van der Waals surface area contributed by atoms with Crippen molar-refractivity contribution < 1.29 is 4.79 Å². The smallest absolute Gasteiger partial charge is 0.232 e. The van der Waals surface area contributed by atoms with Gasteiger partial charge in [-0.3, -0.25) is 4.79 Å². The Hall–Kier alpha value is -1.20. The molecule has 1 fully saturated rings. The number of rotatable bonds is 5. The van der Waals surface area contributed by atoms with Crippen LogP contribution in [0.15, 0.2) is 29.1 Å². The van der Waals surface area contributed by atoms with E-state index in [2.05, 4.69) is 30.2 Å². The van der Waals surface area contributed by atoms with E-state index in [0.717, 1.165) is 17.8 Å². The predicted octanol–water partition coefficient (Wildman–Crippen LogP) is 3.23. The molecule has 0 aromatic carbocycles. The lowest BCUT2D eigenvalue weighted by Gasteiger charge is -2.18. The van der Waals surface area contributed by atoms with Crippen molar-refractivity contribution in [3.05, 3.63) is 39.0 Å². The zero-order valence-corrected chi connectivity index (χ0v) is 13.3. The van der Waals surface area contributed by atoms with Crippen LogP contribution in [0.25, 0.3) is 0 Å². The van der Waals surface area contributed by atoms with Crippen molar-refractivity contribution in [3.63, 3.8) is 0 Å². The van der Waals surface area contributed by atoms with Crippen LogP contribution in [-0.2, 0) is 16.6 Å². The molecule has 1 amide bonds. The van der Waals surface area contributed by atoms with Crippen LogP contribution in [0.2, 0.25) is 0 Å². The molecule has 0 unspecified atom stereocenters. The van der Waals surface area contributed by atoms with Crippen molar-refractivity contribution in [1.29, 1.82) is 0 Å². The van der Waals surface area contributed by atoms with Crippen LogP contribution in [0, 0.1) is 5.41 Å². The van der Waals surface area contributed by atoms with Crippen molar-refractivity contribution in [2.75, 3.05) is 6.54 Å². The normalized spacial score (nSPS) is 23.5. The third-order valence-electron chi connectivity index (χ3n) is 4.17. The molecule has 0 spiro atoms. The first-order chi connectivity index (χ1) is 9.56. The van der Waals surface area contributed by atoms with Gasteiger partial charge in [0.1, 0.15) is 0 Å². The summed E-state index contributed by atoms with van der Waals surface area (Å²) in [4.78, 5) is 18.1. The molecule has 1 N–H and O–H groups in total. The topological polar surface area (TPSA) is 42.0 Å². The summed E-state index contributed by atoms with van der Waals surface area (Å²) in [5.74, 6) is 0.168. The summed E-state index contributed by atoms with van der Waals surface area (Å²) in [7, 11) is 0. The van der Waals surface area contributed by atoms with E-state index in [1.165, 1.54) is 4.88 Å². The van der Waals surface area contributed by atoms with Crippen molar-refractivity contribution in [2.24, 2.45) is 5.41 Å². The Balaban J connectivity index is 1.66.